The third-order valence-electron chi connectivity index (χ3n) is 4.60. The lowest BCUT2D eigenvalue weighted by molar-refractivity contribution is 0.286. The van der Waals surface area contributed by atoms with Gasteiger partial charge < -0.3 is 9.80 Å². The molecule has 6 heteroatoms. The highest BCUT2D eigenvalue weighted by atomic mass is 19.1. The molecule has 0 radical (unpaired) electrons. The van der Waals surface area contributed by atoms with E-state index in [-0.39, 0.29) is 0 Å². The van der Waals surface area contributed by atoms with Crippen LogP contribution in [-0.2, 0) is 6.42 Å². The topological polar surface area (TPSA) is 45.2 Å². The van der Waals surface area contributed by atoms with Gasteiger partial charge >= 0.3 is 0 Å². The Bertz CT molecular complexity index is 662. The van der Waals surface area contributed by atoms with Crippen LogP contribution in [0.4, 0.5) is 16.0 Å². The smallest absolute Gasteiger partial charge is 0.225 e. The molecule has 0 N–H and O–H groups in total. The first-order chi connectivity index (χ1) is 10.7. The van der Waals surface area contributed by atoms with Crippen molar-refractivity contribution in [3.8, 4) is 0 Å². The molecule has 3 fully saturated rings. The Hall–Kier alpha value is -2.24. The van der Waals surface area contributed by atoms with Crippen LogP contribution >= 0.6 is 0 Å². The highest BCUT2D eigenvalue weighted by molar-refractivity contribution is 5.52. The predicted octanol–water partition coefficient (Wildman–Crippen LogP) is 2.04. The van der Waals surface area contributed by atoms with E-state index in [1.54, 1.807) is 0 Å². The van der Waals surface area contributed by atoms with Gasteiger partial charge in [0, 0.05) is 43.4 Å². The van der Waals surface area contributed by atoms with Crippen LogP contribution in [0.1, 0.15) is 18.9 Å². The van der Waals surface area contributed by atoms with Gasteiger partial charge in [0.05, 0.1) is 12.1 Å². The zero-order valence-electron chi connectivity index (χ0n) is 12.5. The van der Waals surface area contributed by atoms with Crippen molar-refractivity contribution in [1.29, 1.82) is 0 Å². The van der Waals surface area contributed by atoms with Crippen LogP contribution in [0.2, 0.25) is 0 Å². The highest BCUT2D eigenvalue weighted by Crippen LogP contribution is 2.36. The van der Waals surface area contributed by atoms with Crippen molar-refractivity contribution in [3.63, 3.8) is 0 Å². The second kappa shape index (κ2) is 5.19. The second-order valence-corrected chi connectivity index (χ2v) is 5.94. The summed E-state index contributed by atoms with van der Waals surface area (Å²) in [6, 6.07) is 4.18. The molecular formula is C16H18FN5. The van der Waals surface area contributed by atoms with Crippen LogP contribution in [0, 0.1) is 5.95 Å². The third kappa shape index (κ3) is 2.19. The van der Waals surface area contributed by atoms with Crippen molar-refractivity contribution in [1.82, 2.24) is 15.0 Å². The standard InChI is InChI=1S/C16H18FN5/c1-2-11-7-19-16(20-8-11)22-13-5-14(22)10-21(9-13)12-3-4-18-15(17)6-12/h3-4,6-8,13-14H,2,5,9-10H2,1H3. The lowest BCUT2D eigenvalue weighted by Crippen LogP contribution is -2.69. The molecule has 0 aromatic carbocycles. The minimum Gasteiger partial charge on any atom is -0.367 e. The van der Waals surface area contributed by atoms with Crippen molar-refractivity contribution >= 4 is 11.6 Å². The molecule has 114 valence electrons. The van der Waals surface area contributed by atoms with Crippen LogP contribution in [0.5, 0.6) is 0 Å². The number of piperazine rings is 1. The maximum absolute atomic E-state index is 13.3. The van der Waals surface area contributed by atoms with Gasteiger partial charge in [-0.25, -0.2) is 15.0 Å². The molecule has 2 bridgehead atoms. The molecule has 0 saturated carbocycles. The molecule has 3 aliphatic rings. The third-order valence-corrected chi connectivity index (χ3v) is 4.60. The number of nitrogens with zero attached hydrogens (tertiary/aromatic N) is 5. The summed E-state index contributed by atoms with van der Waals surface area (Å²) in [7, 11) is 0. The molecule has 5 nitrogen and oxygen atoms in total. The van der Waals surface area contributed by atoms with Gasteiger partial charge in [-0.15, -0.1) is 0 Å². The van der Waals surface area contributed by atoms with Crippen molar-refractivity contribution in [3.05, 3.63) is 42.2 Å². The molecule has 3 aliphatic heterocycles. The number of anilines is 2. The lowest BCUT2D eigenvalue weighted by atomic mass is 9.87. The molecule has 0 aliphatic carbocycles. The summed E-state index contributed by atoms with van der Waals surface area (Å²) in [6.45, 7) is 3.85. The SMILES string of the molecule is CCc1cnc(N2C3CC2CN(c2ccnc(F)c2)C3)nc1. The van der Waals surface area contributed by atoms with Gasteiger partial charge in [-0.05, 0) is 24.5 Å². The van der Waals surface area contributed by atoms with Gasteiger partial charge in [-0.1, -0.05) is 6.92 Å². The molecule has 2 unspecified atom stereocenters. The van der Waals surface area contributed by atoms with E-state index in [0.717, 1.165) is 43.1 Å². The van der Waals surface area contributed by atoms with E-state index >= 15 is 0 Å². The summed E-state index contributed by atoms with van der Waals surface area (Å²) < 4.78 is 13.3. The minimum absolute atomic E-state index is 0.405. The van der Waals surface area contributed by atoms with E-state index in [9.17, 15) is 4.39 Å². The number of halogens is 1. The van der Waals surface area contributed by atoms with Gasteiger partial charge in [0.25, 0.3) is 0 Å². The first-order valence-electron chi connectivity index (χ1n) is 7.70. The maximum atomic E-state index is 13.3. The fourth-order valence-corrected chi connectivity index (χ4v) is 3.40. The van der Waals surface area contributed by atoms with Crippen molar-refractivity contribution < 1.29 is 4.39 Å². The van der Waals surface area contributed by atoms with E-state index in [2.05, 4.69) is 31.7 Å². The van der Waals surface area contributed by atoms with Crippen LogP contribution < -0.4 is 9.80 Å². The summed E-state index contributed by atoms with van der Waals surface area (Å²) in [5, 5.41) is 0. The molecule has 5 heterocycles. The molecule has 3 saturated heterocycles. The average molecular weight is 299 g/mol. The van der Waals surface area contributed by atoms with Crippen LogP contribution in [0.3, 0.4) is 0 Å². The minimum atomic E-state index is -0.424. The Morgan fingerprint density at radius 2 is 1.91 bits per heavy atom. The second-order valence-electron chi connectivity index (χ2n) is 5.94. The molecule has 0 spiro atoms. The van der Waals surface area contributed by atoms with Gasteiger partial charge in [-0.3, -0.25) is 0 Å². The first-order valence-corrected chi connectivity index (χ1v) is 7.70. The number of pyridine rings is 1. The number of hydrogen-bond donors (Lipinski definition) is 0. The molecule has 0 amide bonds. The lowest BCUT2D eigenvalue weighted by Gasteiger charge is -2.56. The molecule has 2 aromatic rings. The molecule has 5 rings (SSSR count). The number of fused-ring (bicyclic) bond motifs is 2. The zero-order valence-corrected chi connectivity index (χ0v) is 12.5. The largest absolute Gasteiger partial charge is 0.367 e. The number of piperidine rings is 1. The van der Waals surface area contributed by atoms with E-state index in [1.807, 2.05) is 18.5 Å². The Morgan fingerprint density at radius 1 is 1.18 bits per heavy atom. The quantitative estimate of drug-likeness (QED) is 0.812. The first kappa shape index (κ1) is 13.4. The van der Waals surface area contributed by atoms with E-state index in [0.29, 0.717) is 12.1 Å². The molecule has 22 heavy (non-hydrogen) atoms. The zero-order chi connectivity index (χ0) is 15.1. The number of aromatic nitrogens is 3. The van der Waals surface area contributed by atoms with Crippen molar-refractivity contribution in [2.24, 2.45) is 0 Å². The summed E-state index contributed by atoms with van der Waals surface area (Å²) in [6.07, 6.45) is 7.45. The highest BCUT2D eigenvalue weighted by Gasteiger charge is 2.46. The summed E-state index contributed by atoms with van der Waals surface area (Å²) >= 11 is 0. The van der Waals surface area contributed by atoms with Crippen LogP contribution in [-0.4, -0.2) is 40.1 Å². The normalized spacial score (nSPS) is 23.4. The van der Waals surface area contributed by atoms with Gasteiger partial charge in [0.1, 0.15) is 0 Å². The average Bonchev–Trinajstić information content (AvgIpc) is 2.55. The fourth-order valence-electron chi connectivity index (χ4n) is 3.40. The fraction of sp³-hybridized carbons (Fsp3) is 0.438. The van der Waals surface area contributed by atoms with E-state index in [1.165, 1.54) is 12.3 Å². The number of aryl methyl sites for hydroxylation is 1. The number of rotatable bonds is 3. The molecule has 2 atom stereocenters. The molecule has 2 aromatic heterocycles. The van der Waals surface area contributed by atoms with Crippen LogP contribution in [0.15, 0.2) is 30.7 Å². The van der Waals surface area contributed by atoms with Gasteiger partial charge in [0.2, 0.25) is 11.9 Å². The van der Waals surface area contributed by atoms with Crippen molar-refractivity contribution in [2.45, 2.75) is 31.8 Å². The van der Waals surface area contributed by atoms with Crippen LogP contribution in [0.25, 0.3) is 0 Å². The van der Waals surface area contributed by atoms with Gasteiger partial charge in [0.15, 0.2) is 0 Å². The Kier molecular flexibility index (Phi) is 3.17. The van der Waals surface area contributed by atoms with Gasteiger partial charge in [-0.2, -0.15) is 4.39 Å². The summed E-state index contributed by atoms with van der Waals surface area (Å²) in [5.74, 6) is 0.395. The number of hydrogen-bond acceptors (Lipinski definition) is 5. The molecular weight excluding hydrogens is 281 g/mol. The summed E-state index contributed by atoms with van der Waals surface area (Å²) in [5.41, 5.74) is 2.06. The Morgan fingerprint density at radius 3 is 2.55 bits per heavy atom. The Balaban J connectivity index is 1.50. The Labute approximate surface area is 128 Å². The predicted molar refractivity (Wildman–Crippen MR) is 82.5 cm³/mol. The monoisotopic (exact) mass is 299 g/mol. The maximum Gasteiger partial charge on any atom is 0.225 e. The summed E-state index contributed by atoms with van der Waals surface area (Å²) in [4.78, 5) is 17.1. The van der Waals surface area contributed by atoms with Crippen molar-refractivity contribution in [2.75, 3.05) is 22.9 Å². The van der Waals surface area contributed by atoms with E-state index in [4.69, 9.17) is 0 Å². The van der Waals surface area contributed by atoms with E-state index < -0.39 is 5.95 Å².